The Morgan fingerprint density at radius 1 is 1.45 bits per heavy atom. The summed E-state index contributed by atoms with van der Waals surface area (Å²) in [6.07, 6.45) is 3.04. The summed E-state index contributed by atoms with van der Waals surface area (Å²) >= 11 is 1.77. The molecule has 20 heavy (non-hydrogen) atoms. The fraction of sp³-hybridized carbons (Fsp3) is 0.600. The van der Waals surface area contributed by atoms with Gasteiger partial charge in [0, 0.05) is 22.9 Å². The first-order chi connectivity index (χ1) is 9.27. The van der Waals surface area contributed by atoms with Crippen molar-refractivity contribution < 1.29 is 9.90 Å². The summed E-state index contributed by atoms with van der Waals surface area (Å²) in [6, 6.07) is 3.57. The van der Waals surface area contributed by atoms with Gasteiger partial charge in [-0.2, -0.15) is 11.8 Å². The molecule has 1 unspecified atom stereocenters. The number of pyridine rings is 1. The molecule has 0 saturated heterocycles. The lowest BCUT2D eigenvalue weighted by Crippen LogP contribution is -2.23. The van der Waals surface area contributed by atoms with Gasteiger partial charge in [0.25, 0.3) is 0 Å². The van der Waals surface area contributed by atoms with Crippen molar-refractivity contribution in [1.29, 1.82) is 0 Å². The Labute approximate surface area is 125 Å². The third-order valence-electron chi connectivity index (χ3n) is 3.05. The van der Waals surface area contributed by atoms with E-state index in [9.17, 15) is 9.90 Å². The van der Waals surface area contributed by atoms with Gasteiger partial charge in [0.05, 0.1) is 5.56 Å². The second-order valence-electron chi connectivity index (χ2n) is 5.89. The third kappa shape index (κ3) is 4.71. The molecule has 5 heteroatoms. The van der Waals surface area contributed by atoms with E-state index in [2.05, 4.69) is 23.5 Å². The molecule has 112 valence electrons. The van der Waals surface area contributed by atoms with Crippen LogP contribution in [-0.2, 0) is 5.41 Å². The minimum absolute atomic E-state index is 0.177. The van der Waals surface area contributed by atoms with Crippen LogP contribution in [0.4, 0.5) is 5.82 Å². The van der Waals surface area contributed by atoms with Crippen LogP contribution in [0, 0.1) is 0 Å². The molecule has 0 aromatic carbocycles. The van der Waals surface area contributed by atoms with Gasteiger partial charge in [-0.25, -0.2) is 9.78 Å². The lowest BCUT2D eigenvalue weighted by atomic mass is 9.90. The van der Waals surface area contributed by atoms with Crippen LogP contribution in [0.1, 0.15) is 50.2 Å². The highest BCUT2D eigenvalue weighted by molar-refractivity contribution is 7.98. The van der Waals surface area contributed by atoms with E-state index in [0.29, 0.717) is 11.9 Å². The zero-order valence-corrected chi connectivity index (χ0v) is 13.7. The quantitative estimate of drug-likeness (QED) is 0.839. The van der Waals surface area contributed by atoms with Crippen molar-refractivity contribution in [2.75, 3.05) is 17.3 Å². The Bertz CT molecular complexity index is 469. The van der Waals surface area contributed by atoms with Gasteiger partial charge in [-0.3, -0.25) is 0 Å². The highest BCUT2D eigenvalue weighted by Crippen LogP contribution is 2.24. The number of carboxylic acid groups (broad SMARTS) is 1. The predicted octanol–water partition coefficient (Wildman–Crippen LogP) is 3.63. The number of carbonyl (C=O) groups is 1. The van der Waals surface area contributed by atoms with Crippen LogP contribution in [-0.4, -0.2) is 34.1 Å². The van der Waals surface area contributed by atoms with Crippen molar-refractivity contribution in [2.45, 2.75) is 45.6 Å². The molecule has 4 nitrogen and oxygen atoms in total. The molecular weight excluding hydrogens is 272 g/mol. The Morgan fingerprint density at radius 3 is 2.55 bits per heavy atom. The van der Waals surface area contributed by atoms with Crippen molar-refractivity contribution in [3.8, 4) is 0 Å². The maximum atomic E-state index is 11.3. The van der Waals surface area contributed by atoms with Crippen molar-refractivity contribution in [3.63, 3.8) is 0 Å². The summed E-state index contributed by atoms with van der Waals surface area (Å²) in [7, 11) is 0. The molecule has 1 aromatic heterocycles. The maximum absolute atomic E-state index is 11.3. The molecular formula is C15H24N2O2S. The van der Waals surface area contributed by atoms with Gasteiger partial charge in [0.2, 0.25) is 0 Å². The van der Waals surface area contributed by atoms with Crippen LogP contribution in [0.5, 0.6) is 0 Å². The number of anilines is 1. The van der Waals surface area contributed by atoms with Crippen molar-refractivity contribution in [3.05, 3.63) is 23.4 Å². The predicted molar refractivity (Wildman–Crippen MR) is 86.0 cm³/mol. The first kappa shape index (κ1) is 16.8. The standard InChI is InChI=1S/C15H24N2O2S/c1-6-11(9-20-5)16-13-8-10(14(18)19)7-12(17-13)15(2,3)4/h7-8,11H,6,9H2,1-5H3,(H,16,17)(H,18,19). The Hall–Kier alpha value is -1.23. The molecule has 0 aliphatic heterocycles. The summed E-state index contributed by atoms with van der Waals surface area (Å²) in [5.41, 5.74) is 0.897. The number of aromatic carboxylic acids is 1. The summed E-state index contributed by atoms with van der Waals surface area (Å²) in [6.45, 7) is 8.21. The monoisotopic (exact) mass is 296 g/mol. The third-order valence-corrected chi connectivity index (χ3v) is 3.79. The number of hydrogen-bond donors (Lipinski definition) is 2. The van der Waals surface area contributed by atoms with Gasteiger partial charge in [0.1, 0.15) is 5.82 Å². The maximum Gasteiger partial charge on any atom is 0.335 e. The van der Waals surface area contributed by atoms with Crippen molar-refractivity contribution in [2.24, 2.45) is 0 Å². The summed E-state index contributed by atoms with van der Waals surface area (Å²) in [5, 5.41) is 12.6. The van der Waals surface area contributed by atoms with E-state index in [4.69, 9.17) is 0 Å². The van der Waals surface area contributed by atoms with Crippen LogP contribution in [0.2, 0.25) is 0 Å². The highest BCUT2D eigenvalue weighted by atomic mass is 32.2. The van der Waals surface area contributed by atoms with Gasteiger partial charge in [0.15, 0.2) is 0 Å². The first-order valence-corrected chi connectivity index (χ1v) is 8.18. The second kappa shape index (κ2) is 6.97. The number of thioether (sulfide) groups is 1. The number of nitrogens with zero attached hydrogens (tertiary/aromatic N) is 1. The Morgan fingerprint density at radius 2 is 2.10 bits per heavy atom. The lowest BCUT2D eigenvalue weighted by Gasteiger charge is -2.22. The van der Waals surface area contributed by atoms with Crippen LogP contribution in [0.3, 0.4) is 0 Å². The van der Waals surface area contributed by atoms with Gasteiger partial charge < -0.3 is 10.4 Å². The summed E-state index contributed by atoms with van der Waals surface area (Å²) in [4.78, 5) is 15.8. The fourth-order valence-electron chi connectivity index (χ4n) is 1.78. The number of carboxylic acids is 1. The van der Waals surface area contributed by atoms with Crippen molar-refractivity contribution in [1.82, 2.24) is 4.98 Å². The van der Waals surface area contributed by atoms with Crippen LogP contribution in [0.25, 0.3) is 0 Å². The number of hydrogen-bond acceptors (Lipinski definition) is 4. The molecule has 0 radical (unpaired) electrons. The molecule has 0 amide bonds. The molecule has 1 atom stereocenters. The largest absolute Gasteiger partial charge is 0.478 e. The van der Waals surface area contributed by atoms with E-state index in [0.717, 1.165) is 17.9 Å². The van der Waals surface area contributed by atoms with Crippen LogP contribution >= 0.6 is 11.8 Å². The van der Waals surface area contributed by atoms with E-state index in [1.165, 1.54) is 0 Å². The van der Waals surface area contributed by atoms with Gasteiger partial charge in [-0.05, 0) is 24.8 Å². The smallest absolute Gasteiger partial charge is 0.335 e. The SMILES string of the molecule is CCC(CSC)Nc1cc(C(=O)O)cc(C(C)(C)C)n1. The average molecular weight is 296 g/mol. The van der Waals surface area contributed by atoms with Gasteiger partial charge in [-0.1, -0.05) is 27.7 Å². The van der Waals surface area contributed by atoms with E-state index in [1.807, 2.05) is 20.8 Å². The zero-order valence-electron chi connectivity index (χ0n) is 12.9. The minimum atomic E-state index is -0.918. The molecule has 0 spiro atoms. The molecule has 1 aromatic rings. The number of aromatic nitrogens is 1. The summed E-state index contributed by atoms with van der Waals surface area (Å²) in [5.74, 6) is 0.704. The number of rotatable bonds is 6. The van der Waals surface area contributed by atoms with Crippen molar-refractivity contribution >= 4 is 23.5 Å². The molecule has 0 aliphatic rings. The molecule has 0 saturated carbocycles. The molecule has 1 heterocycles. The van der Waals surface area contributed by atoms with Gasteiger partial charge in [-0.15, -0.1) is 0 Å². The van der Waals surface area contributed by atoms with E-state index < -0.39 is 5.97 Å². The number of nitrogens with one attached hydrogen (secondary N) is 1. The van der Waals surface area contributed by atoms with E-state index >= 15 is 0 Å². The Balaban J connectivity index is 3.12. The van der Waals surface area contributed by atoms with Gasteiger partial charge >= 0.3 is 5.97 Å². The lowest BCUT2D eigenvalue weighted by molar-refractivity contribution is 0.0696. The molecule has 0 bridgehead atoms. The topological polar surface area (TPSA) is 62.2 Å². The highest BCUT2D eigenvalue weighted by Gasteiger charge is 2.19. The average Bonchev–Trinajstić information content (AvgIpc) is 2.36. The fourth-order valence-corrected chi connectivity index (χ4v) is 2.51. The van der Waals surface area contributed by atoms with Crippen LogP contribution in [0.15, 0.2) is 12.1 Å². The molecule has 2 N–H and O–H groups in total. The second-order valence-corrected chi connectivity index (χ2v) is 6.80. The zero-order chi connectivity index (χ0) is 15.3. The van der Waals surface area contributed by atoms with E-state index in [1.54, 1.807) is 23.9 Å². The summed E-state index contributed by atoms with van der Waals surface area (Å²) < 4.78 is 0. The molecule has 0 aliphatic carbocycles. The Kier molecular flexibility index (Phi) is 5.87. The normalized spacial score (nSPS) is 13.1. The molecule has 1 rings (SSSR count). The minimum Gasteiger partial charge on any atom is -0.478 e. The molecule has 0 fully saturated rings. The van der Waals surface area contributed by atoms with E-state index in [-0.39, 0.29) is 11.0 Å². The van der Waals surface area contributed by atoms with Crippen LogP contribution < -0.4 is 5.32 Å². The first-order valence-electron chi connectivity index (χ1n) is 6.79.